The molecule has 0 saturated heterocycles. The second-order valence-electron chi connectivity index (χ2n) is 6.16. The maximum atomic E-state index is 12.5. The van der Waals surface area contributed by atoms with Crippen LogP contribution in [0.3, 0.4) is 0 Å². The molecule has 3 rings (SSSR count). The Morgan fingerprint density at radius 1 is 1.20 bits per heavy atom. The van der Waals surface area contributed by atoms with E-state index in [1.807, 2.05) is 31.2 Å². The first kappa shape index (κ1) is 17.4. The van der Waals surface area contributed by atoms with Gasteiger partial charge in [-0.25, -0.2) is 13.6 Å². The molecule has 2 aromatic rings. The highest BCUT2D eigenvalue weighted by atomic mass is 32.2. The fourth-order valence-corrected chi connectivity index (χ4v) is 3.37. The van der Waals surface area contributed by atoms with Crippen LogP contribution in [0.15, 0.2) is 53.4 Å². The van der Waals surface area contributed by atoms with Gasteiger partial charge in [0.1, 0.15) is 12.4 Å². The Balaban J connectivity index is 1.65. The predicted octanol–water partition coefficient (Wildman–Crippen LogP) is 1.76. The molecule has 0 fully saturated rings. The third kappa shape index (κ3) is 4.00. The van der Waals surface area contributed by atoms with Crippen LogP contribution in [0.5, 0.6) is 5.75 Å². The maximum absolute atomic E-state index is 12.5. The lowest BCUT2D eigenvalue weighted by Gasteiger charge is -2.26. The van der Waals surface area contributed by atoms with Crippen molar-refractivity contribution in [2.75, 3.05) is 6.61 Å². The lowest BCUT2D eigenvalue weighted by molar-refractivity contribution is -0.126. The average Bonchev–Trinajstić information content (AvgIpc) is 2.60. The number of amides is 1. The van der Waals surface area contributed by atoms with E-state index in [4.69, 9.17) is 9.88 Å². The Labute approximate surface area is 147 Å². The van der Waals surface area contributed by atoms with Crippen molar-refractivity contribution < 1.29 is 17.9 Å². The van der Waals surface area contributed by atoms with Crippen LogP contribution in [0.1, 0.15) is 24.1 Å². The minimum atomic E-state index is -3.72. The standard InChI is InChI=1S/C18H20N2O4S/c1-12(13-6-8-16(9-7-13)25(19,22)23)20-18(21)15-10-14-4-2-3-5-17(14)24-11-15/h2-9,12,15H,10-11H2,1H3,(H,20,21)(H2,19,22,23). The number of nitrogens with one attached hydrogen (secondary N) is 1. The number of hydrogen-bond donors (Lipinski definition) is 2. The molecule has 0 aliphatic carbocycles. The Morgan fingerprint density at radius 2 is 1.88 bits per heavy atom. The minimum absolute atomic E-state index is 0.0482. The molecule has 0 bridgehead atoms. The van der Waals surface area contributed by atoms with E-state index < -0.39 is 10.0 Å². The average molecular weight is 360 g/mol. The number of primary sulfonamides is 1. The van der Waals surface area contributed by atoms with Gasteiger partial charge in [0.2, 0.25) is 15.9 Å². The van der Waals surface area contributed by atoms with Crippen molar-refractivity contribution in [2.24, 2.45) is 11.1 Å². The van der Waals surface area contributed by atoms with Crippen LogP contribution in [0.2, 0.25) is 0 Å². The predicted molar refractivity (Wildman–Crippen MR) is 93.5 cm³/mol. The number of ether oxygens (including phenoxy) is 1. The Hall–Kier alpha value is -2.38. The van der Waals surface area contributed by atoms with Crippen molar-refractivity contribution in [1.82, 2.24) is 5.32 Å². The third-order valence-corrected chi connectivity index (χ3v) is 5.25. The summed E-state index contributed by atoms with van der Waals surface area (Å²) in [4.78, 5) is 12.6. The topological polar surface area (TPSA) is 98.5 Å². The number of carbonyl (C=O) groups is 1. The van der Waals surface area contributed by atoms with Gasteiger partial charge in [-0.1, -0.05) is 30.3 Å². The first-order valence-electron chi connectivity index (χ1n) is 7.98. The minimum Gasteiger partial charge on any atom is -0.492 e. The molecule has 1 amide bonds. The van der Waals surface area contributed by atoms with Gasteiger partial charge in [-0.15, -0.1) is 0 Å². The van der Waals surface area contributed by atoms with E-state index in [0.29, 0.717) is 13.0 Å². The van der Waals surface area contributed by atoms with Crippen LogP contribution < -0.4 is 15.2 Å². The molecule has 6 nitrogen and oxygen atoms in total. The van der Waals surface area contributed by atoms with Gasteiger partial charge in [-0.3, -0.25) is 4.79 Å². The molecular weight excluding hydrogens is 340 g/mol. The van der Waals surface area contributed by atoms with Crippen molar-refractivity contribution in [1.29, 1.82) is 0 Å². The molecule has 25 heavy (non-hydrogen) atoms. The molecule has 1 aliphatic rings. The van der Waals surface area contributed by atoms with E-state index in [9.17, 15) is 13.2 Å². The monoisotopic (exact) mass is 360 g/mol. The summed E-state index contributed by atoms with van der Waals surface area (Å²) in [6.45, 7) is 2.20. The van der Waals surface area contributed by atoms with Crippen molar-refractivity contribution >= 4 is 15.9 Å². The normalized spacial score (nSPS) is 17.9. The number of benzene rings is 2. The molecule has 2 atom stereocenters. The lowest BCUT2D eigenvalue weighted by atomic mass is 9.95. The number of sulfonamides is 1. The van der Waals surface area contributed by atoms with E-state index in [1.165, 1.54) is 12.1 Å². The molecule has 0 saturated carbocycles. The second kappa shape index (κ2) is 6.85. The molecule has 0 aromatic heterocycles. The van der Waals surface area contributed by atoms with Crippen LogP contribution in [0, 0.1) is 5.92 Å². The molecule has 3 N–H and O–H groups in total. The zero-order valence-corrected chi connectivity index (χ0v) is 14.6. The van der Waals surface area contributed by atoms with Gasteiger partial charge in [0.05, 0.1) is 16.9 Å². The Morgan fingerprint density at radius 3 is 2.56 bits per heavy atom. The van der Waals surface area contributed by atoms with E-state index in [2.05, 4.69) is 5.32 Å². The fraction of sp³-hybridized carbons (Fsp3) is 0.278. The summed E-state index contributed by atoms with van der Waals surface area (Å²) < 4.78 is 28.2. The van der Waals surface area contributed by atoms with Gasteiger partial charge in [0, 0.05) is 0 Å². The number of rotatable bonds is 4. The summed E-state index contributed by atoms with van der Waals surface area (Å²) in [6, 6.07) is 13.6. The van der Waals surface area contributed by atoms with Gasteiger partial charge in [-0.2, -0.15) is 0 Å². The summed E-state index contributed by atoms with van der Waals surface area (Å²) in [5, 5.41) is 8.04. The summed E-state index contributed by atoms with van der Waals surface area (Å²) >= 11 is 0. The van der Waals surface area contributed by atoms with E-state index in [0.717, 1.165) is 16.9 Å². The Kier molecular flexibility index (Phi) is 4.78. The van der Waals surface area contributed by atoms with Gasteiger partial charge in [-0.05, 0) is 42.7 Å². The molecular formula is C18H20N2O4S. The second-order valence-corrected chi connectivity index (χ2v) is 7.73. The van der Waals surface area contributed by atoms with Crippen molar-refractivity contribution in [3.8, 4) is 5.75 Å². The van der Waals surface area contributed by atoms with Crippen LogP contribution in [-0.2, 0) is 21.2 Å². The first-order chi connectivity index (χ1) is 11.8. The summed E-state index contributed by atoms with van der Waals surface area (Å²) in [7, 11) is -3.72. The van der Waals surface area contributed by atoms with Crippen molar-refractivity contribution in [3.63, 3.8) is 0 Å². The SMILES string of the molecule is CC(NC(=O)C1COc2ccccc2C1)c1ccc(S(N)(=O)=O)cc1. The smallest absolute Gasteiger partial charge is 0.238 e. The van der Waals surface area contributed by atoms with Crippen LogP contribution in [0.4, 0.5) is 0 Å². The number of para-hydroxylation sites is 1. The number of nitrogens with two attached hydrogens (primary N) is 1. The van der Waals surface area contributed by atoms with Gasteiger partial charge >= 0.3 is 0 Å². The van der Waals surface area contributed by atoms with E-state index in [1.54, 1.807) is 12.1 Å². The van der Waals surface area contributed by atoms with Crippen molar-refractivity contribution in [3.05, 3.63) is 59.7 Å². The van der Waals surface area contributed by atoms with Gasteiger partial charge in [0.25, 0.3) is 0 Å². The zero-order chi connectivity index (χ0) is 18.0. The first-order valence-corrected chi connectivity index (χ1v) is 9.53. The van der Waals surface area contributed by atoms with Gasteiger partial charge < -0.3 is 10.1 Å². The Bertz CT molecular complexity index is 878. The molecule has 1 aliphatic heterocycles. The number of hydrogen-bond acceptors (Lipinski definition) is 4. The largest absolute Gasteiger partial charge is 0.492 e. The zero-order valence-electron chi connectivity index (χ0n) is 13.8. The van der Waals surface area contributed by atoms with E-state index >= 15 is 0 Å². The molecule has 1 heterocycles. The summed E-state index contributed by atoms with van der Waals surface area (Å²) in [5.41, 5.74) is 1.83. The van der Waals surface area contributed by atoms with Crippen LogP contribution >= 0.6 is 0 Å². The molecule has 2 unspecified atom stereocenters. The molecule has 132 valence electrons. The number of carbonyl (C=O) groups excluding carboxylic acids is 1. The molecule has 0 radical (unpaired) electrons. The number of fused-ring (bicyclic) bond motifs is 1. The quantitative estimate of drug-likeness (QED) is 0.868. The van der Waals surface area contributed by atoms with Gasteiger partial charge in [0.15, 0.2) is 0 Å². The van der Waals surface area contributed by atoms with Crippen molar-refractivity contribution in [2.45, 2.75) is 24.3 Å². The third-order valence-electron chi connectivity index (χ3n) is 4.32. The van der Waals surface area contributed by atoms with E-state index in [-0.39, 0.29) is 22.8 Å². The van der Waals surface area contributed by atoms with Crippen LogP contribution in [-0.4, -0.2) is 20.9 Å². The maximum Gasteiger partial charge on any atom is 0.238 e. The molecule has 0 spiro atoms. The highest BCUT2D eigenvalue weighted by molar-refractivity contribution is 7.89. The summed E-state index contributed by atoms with van der Waals surface area (Å²) in [6.07, 6.45) is 0.638. The highest BCUT2D eigenvalue weighted by Crippen LogP contribution is 2.27. The molecule has 7 heteroatoms. The highest BCUT2D eigenvalue weighted by Gasteiger charge is 2.26. The lowest BCUT2D eigenvalue weighted by Crippen LogP contribution is -2.38. The summed E-state index contributed by atoms with van der Waals surface area (Å²) in [5.74, 6) is 0.497. The molecule has 2 aromatic carbocycles. The fourth-order valence-electron chi connectivity index (χ4n) is 2.86. The van der Waals surface area contributed by atoms with Crippen LogP contribution in [0.25, 0.3) is 0 Å².